The maximum Gasteiger partial charge on any atom is 0.237 e. The van der Waals surface area contributed by atoms with Crippen molar-refractivity contribution in [3.8, 4) is 0 Å². The average Bonchev–Trinajstić information content (AvgIpc) is 2.81. The molecule has 4 nitrogen and oxygen atoms in total. The highest BCUT2D eigenvalue weighted by Crippen LogP contribution is 2.19. The Morgan fingerprint density at radius 1 is 1.55 bits per heavy atom. The molecule has 2 rings (SSSR count). The summed E-state index contributed by atoms with van der Waals surface area (Å²) in [6, 6.07) is 6.02. The van der Waals surface area contributed by atoms with Gasteiger partial charge in [0.2, 0.25) is 5.91 Å². The number of aryl methyl sites for hydroxylation is 1. The van der Waals surface area contributed by atoms with Crippen LogP contribution in [0.5, 0.6) is 0 Å². The van der Waals surface area contributed by atoms with Gasteiger partial charge in [-0.2, -0.15) is 0 Å². The number of likely N-dealkylation sites (tertiary alicyclic amines) is 1. The lowest BCUT2D eigenvalue weighted by atomic mass is 10.1. The molecule has 0 bridgehead atoms. The predicted octanol–water partition coefficient (Wildman–Crippen LogP) is 2.09. The number of carbonyl (C=O) groups is 1. The van der Waals surface area contributed by atoms with Crippen molar-refractivity contribution < 1.29 is 9.53 Å². The molecular formula is C15H21BrN2O2. The maximum absolute atomic E-state index is 12.3. The van der Waals surface area contributed by atoms with E-state index in [9.17, 15) is 4.79 Å². The van der Waals surface area contributed by atoms with Crippen LogP contribution in [0.2, 0.25) is 0 Å². The minimum Gasteiger partial charge on any atom is -0.380 e. The van der Waals surface area contributed by atoms with E-state index < -0.39 is 0 Å². The first kappa shape index (κ1) is 15.5. The molecule has 20 heavy (non-hydrogen) atoms. The van der Waals surface area contributed by atoms with Crippen LogP contribution in [0.4, 0.5) is 0 Å². The first-order valence-corrected chi connectivity index (χ1v) is 7.56. The highest BCUT2D eigenvalue weighted by Gasteiger charge is 2.34. The monoisotopic (exact) mass is 340 g/mol. The largest absolute Gasteiger partial charge is 0.380 e. The van der Waals surface area contributed by atoms with Gasteiger partial charge >= 0.3 is 0 Å². The number of halogens is 1. The van der Waals surface area contributed by atoms with Crippen LogP contribution in [-0.4, -0.2) is 43.7 Å². The Balaban J connectivity index is 1.94. The molecule has 1 amide bonds. The number of rotatable bonds is 4. The summed E-state index contributed by atoms with van der Waals surface area (Å²) in [4.78, 5) is 14.3. The number of nitrogens with one attached hydrogen (secondary N) is 1. The van der Waals surface area contributed by atoms with Crippen LogP contribution >= 0.6 is 15.9 Å². The topological polar surface area (TPSA) is 41.6 Å². The van der Waals surface area contributed by atoms with E-state index >= 15 is 0 Å². The summed E-state index contributed by atoms with van der Waals surface area (Å²) < 4.78 is 6.36. The number of methoxy groups -OCH3 is 1. The summed E-state index contributed by atoms with van der Waals surface area (Å²) >= 11 is 3.46. The molecule has 0 spiro atoms. The van der Waals surface area contributed by atoms with Crippen molar-refractivity contribution >= 4 is 21.8 Å². The molecule has 0 saturated carbocycles. The van der Waals surface area contributed by atoms with Gasteiger partial charge in [0.15, 0.2) is 0 Å². The minimum atomic E-state index is -0.0904. The molecule has 1 aliphatic heterocycles. The molecule has 1 saturated heterocycles. The van der Waals surface area contributed by atoms with Gasteiger partial charge in [-0.1, -0.05) is 22.0 Å². The van der Waals surface area contributed by atoms with Crippen LogP contribution in [-0.2, 0) is 16.1 Å². The zero-order valence-electron chi connectivity index (χ0n) is 12.1. The van der Waals surface area contributed by atoms with E-state index in [0.29, 0.717) is 6.54 Å². The van der Waals surface area contributed by atoms with Gasteiger partial charge in [0.05, 0.1) is 12.1 Å². The van der Waals surface area contributed by atoms with E-state index in [1.807, 2.05) is 25.2 Å². The number of ether oxygens (including phenoxy) is 1. The maximum atomic E-state index is 12.3. The van der Waals surface area contributed by atoms with E-state index in [-0.39, 0.29) is 18.1 Å². The molecule has 110 valence electrons. The Morgan fingerprint density at radius 3 is 2.95 bits per heavy atom. The second kappa shape index (κ2) is 6.70. The van der Waals surface area contributed by atoms with Gasteiger partial charge in [0.25, 0.3) is 0 Å². The van der Waals surface area contributed by atoms with E-state index in [2.05, 4.69) is 33.1 Å². The lowest BCUT2D eigenvalue weighted by Crippen LogP contribution is -2.41. The normalized spacial score (nSPS) is 23.0. The van der Waals surface area contributed by atoms with Crippen molar-refractivity contribution in [3.05, 3.63) is 33.8 Å². The first-order chi connectivity index (χ1) is 9.51. The van der Waals surface area contributed by atoms with Crippen LogP contribution in [0.1, 0.15) is 17.5 Å². The Hall–Kier alpha value is -0.910. The third-order valence-electron chi connectivity index (χ3n) is 3.91. The smallest absolute Gasteiger partial charge is 0.237 e. The third-order valence-corrected chi connectivity index (χ3v) is 4.40. The molecule has 1 aliphatic rings. The number of benzene rings is 1. The van der Waals surface area contributed by atoms with E-state index in [4.69, 9.17) is 4.74 Å². The van der Waals surface area contributed by atoms with E-state index in [1.54, 1.807) is 7.11 Å². The molecule has 0 radical (unpaired) electrons. The van der Waals surface area contributed by atoms with Gasteiger partial charge in [-0.25, -0.2) is 0 Å². The van der Waals surface area contributed by atoms with Crippen LogP contribution < -0.4 is 5.32 Å². The highest BCUT2D eigenvalue weighted by molar-refractivity contribution is 9.10. The third kappa shape index (κ3) is 3.59. The summed E-state index contributed by atoms with van der Waals surface area (Å²) in [5.74, 6) is 0.0754. The molecule has 1 heterocycles. The van der Waals surface area contributed by atoms with Gasteiger partial charge in [0.1, 0.15) is 0 Å². The van der Waals surface area contributed by atoms with Gasteiger partial charge in [-0.3, -0.25) is 9.69 Å². The molecule has 0 aliphatic carbocycles. The summed E-state index contributed by atoms with van der Waals surface area (Å²) in [5.41, 5.74) is 2.32. The van der Waals surface area contributed by atoms with Gasteiger partial charge in [-0.15, -0.1) is 0 Å². The minimum absolute atomic E-state index is 0.0754. The number of nitrogens with zero attached hydrogens (tertiary/aromatic N) is 1. The van der Waals surface area contributed by atoms with Crippen LogP contribution in [0, 0.1) is 6.92 Å². The summed E-state index contributed by atoms with van der Waals surface area (Å²) in [5, 5.41) is 3.03. The summed E-state index contributed by atoms with van der Waals surface area (Å²) in [6.07, 6.45) is 0.916. The van der Waals surface area contributed by atoms with Crippen LogP contribution in [0.25, 0.3) is 0 Å². The van der Waals surface area contributed by atoms with Gasteiger partial charge in [-0.05, 0) is 43.7 Å². The quantitative estimate of drug-likeness (QED) is 0.912. The van der Waals surface area contributed by atoms with Crippen molar-refractivity contribution in [2.24, 2.45) is 0 Å². The van der Waals surface area contributed by atoms with Crippen LogP contribution in [0.3, 0.4) is 0 Å². The Labute approximate surface area is 128 Å². The molecule has 1 fully saturated rings. The molecule has 1 aromatic rings. The number of amides is 1. The van der Waals surface area contributed by atoms with Crippen molar-refractivity contribution in [3.63, 3.8) is 0 Å². The Kier molecular flexibility index (Phi) is 5.18. The fourth-order valence-corrected chi connectivity index (χ4v) is 2.97. The van der Waals surface area contributed by atoms with Crippen molar-refractivity contribution in [1.82, 2.24) is 10.2 Å². The standard InChI is InChI=1S/C15H21BrN2O2/c1-10-4-5-12(16)6-11(10)8-17-15(19)14-7-13(20-3)9-18(14)2/h4-6,13-14H,7-9H2,1-3H3,(H,17,19)/t13-,14-/m0/s1. The fourth-order valence-electron chi connectivity index (χ4n) is 2.56. The second-order valence-corrected chi connectivity index (χ2v) is 6.25. The highest BCUT2D eigenvalue weighted by atomic mass is 79.9. The van der Waals surface area contributed by atoms with E-state index in [1.165, 1.54) is 5.56 Å². The van der Waals surface area contributed by atoms with Crippen LogP contribution in [0.15, 0.2) is 22.7 Å². The van der Waals surface area contributed by atoms with Crippen molar-refractivity contribution in [2.45, 2.75) is 32.0 Å². The second-order valence-electron chi connectivity index (χ2n) is 5.34. The van der Waals surface area contributed by atoms with E-state index in [0.717, 1.165) is 23.0 Å². The predicted molar refractivity (Wildman–Crippen MR) is 82.6 cm³/mol. The lowest BCUT2D eigenvalue weighted by molar-refractivity contribution is -0.125. The SMILES string of the molecule is CO[C@H]1C[C@@H](C(=O)NCc2cc(Br)ccc2C)N(C)C1. The zero-order chi connectivity index (χ0) is 14.7. The molecule has 0 unspecified atom stereocenters. The molecule has 0 aromatic heterocycles. The molecule has 1 aromatic carbocycles. The number of hydrogen-bond donors (Lipinski definition) is 1. The first-order valence-electron chi connectivity index (χ1n) is 6.77. The Bertz CT molecular complexity index is 493. The summed E-state index contributed by atoms with van der Waals surface area (Å²) in [7, 11) is 3.66. The van der Waals surface area contributed by atoms with Gasteiger partial charge < -0.3 is 10.1 Å². The fraction of sp³-hybridized carbons (Fsp3) is 0.533. The van der Waals surface area contributed by atoms with Gasteiger partial charge in [0, 0.05) is 24.7 Å². The molecule has 2 atom stereocenters. The summed E-state index contributed by atoms with van der Waals surface area (Å²) in [6.45, 7) is 3.42. The van der Waals surface area contributed by atoms with Crippen molar-refractivity contribution in [2.75, 3.05) is 20.7 Å². The molecular weight excluding hydrogens is 320 g/mol. The average molecular weight is 341 g/mol. The number of carbonyl (C=O) groups excluding carboxylic acids is 1. The molecule has 5 heteroatoms. The number of hydrogen-bond acceptors (Lipinski definition) is 3. The number of likely N-dealkylation sites (N-methyl/N-ethyl adjacent to an activating group) is 1. The zero-order valence-corrected chi connectivity index (χ0v) is 13.7. The lowest BCUT2D eigenvalue weighted by Gasteiger charge is -2.18. The molecule has 1 N–H and O–H groups in total. The van der Waals surface area contributed by atoms with Crippen molar-refractivity contribution in [1.29, 1.82) is 0 Å². The Morgan fingerprint density at radius 2 is 2.30 bits per heavy atom.